The number of ether oxygens (including phenoxy) is 1. The van der Waals surface area contributed by atoms with Crippen molar-refractivity contribution in [2.45, 2.75) is 58.0 Å². The van der Waals surface area contributed by atoms with Gasteiger partial charge < -0.3 is 9.84 Å². The topological polar surface area (TPSA) is 35.9 Å². The molecule has 4 nitrogen and oxygen atoms in total. The summed E-state index contributed by atoms with van der Waals surface area (Å²) in [6.07, 6.45) is 1.00. The Labute approximate surface area is 133 Å². The lowest BCUT2D eigenvalue weighted by Crippen LogP contribution is -2.54. The van der Waals surface area contributed by atoms with Crippen LogP contribution in [0, 0.1) is 0 Å². The molecule has 2 aliphatic heterocycles. The van der Waals surface area contributed by atoms with Crippen LogP contribution in [0.5, 0.6) is 5.75 Å². The minimum Gasteiger partial charge on any atom is -0.491 e. The van der Waals surface area contributed by atoms with Crippen molar-refractivity contribution in [3.05, 3.63) is 29.8 Å². The van der Waals surface area contributed by atoms with Crippen LogP contribution in [0.1, 0.15) is 32.8 Å². The lowest BCUT2D eigenvalue weighted by molar-refractivity contribution is 0.0528. The third-order valence-corrected chi connectivity index (χ3v) is 4.75. The average molecular weight is 304 g/mol. The molecule has 0 radical (unpaired) electrons. The van der Waals surface area contributed by atoms with Crippen molar-refractivity contribution in [2.75, 3.05) is 19.6 Å². The summed E-state index contributed by atoms with van der Waals surface area (Å²) < 4.78 is 5.70. The van der Waals surface area contributed by atoms with E-state index in [2.05, 4.69) is 41.0 Å². The van der Waals surface area contributed by atoms with Gasteiger partial charge >= 0.3 is 0 Å². The van der Waals surface area contributed by atoms with E-state index in [1.807, 2.05) is 13.8 Å². The van der Waals surface area contributed by atoms with Gasteiger partial charge in [0.15, 0.2) is 0 Å². The highest BCUT2D eigenvalue weighted by Crippen LogP contribution is 2.26. The number of nitrogens with zero attached hydrogens (tertiary/aromatic N) is 2. The van der Waals surface area contributed by atoms with Crippen molar-refractivity contribution in [1.82, 2.24) is 9.80 Å². The quantitative estimate of drug-likeness (QED) is 0.924. The summed E-state index contributed by atoms with van der Waals surface area (Å²) in [4.78, 5) is 4.99. The highest BCUT2D eigenvalue weighted by Gasteiger charge is 2.37. The Morgan fingerprint density at radius 3 is 2.59 bits per heavy atom. The third kappa shape index (κ3) is 3.62. The zero-order valence-electron chi connectivity index (χ0n) is 13.9. The van der Waals surface area contributed by atoms with Gasteiger partial charge in [0.05, 0.1) is 12.2 Å². The Morgan fingerprint density at radius 2 is 1.91 bits per heavy atom. The van der Waals surface area contributed by atoms with Gasteiger partial charge in [0.1, 0.15) is 5.75 Å². The molecule has 0 aliphatic carbocycles. The molecule has 22 heavy (non-hydrogen) atoms. The molecule has 0 bridgehead atoms. The highest BCUT2D eigenvalue weighted by atomic mass is 16.5. The predicted molar refractivity (Wildman–Crippen MR) is 88.1 cm³/mol. The number of aliphatic hydroxyl groups excluding tert-OH is 1. The molecule has 2 fully saturated rings. The average Bonchev–Trinajstić information content (AvgIpc) is 2.80. The fraction of sp³-hybridized carbons (Fsp3) is 0.667. The number of hydrogen-bond acceptors (Lipinski definition) is 4. The number of hydrogen-bond donors (Lipinski definition) is 1. The van der Waals surface area contributed by atoms with Gasteiger partial charge in [-0.25, -0.2) is 0 Å². The van der Waals surface area contributed by atoms with E-state index in [1.54, 1.807) is 0 Å². The van der Waals surface area contributed by atoms with E-state index in [0.717, 1.165) is 38.3 Å². The number of fused-ring (bicyclic) bond motifs is 1. The molecule has 3 rings (SSSR count). The monoisotopic (exact) mass is 304 g/mol. The van der Waals surface area contributed by atoms with E-state index in [1.165, 1.54) is 5.56 Å². The van der Waals surface area contributed by atoms with E-state index in [9.17, 15) is 5.11 Å². The van der Waals surface area contributed by atoms with Crippen LogP contribution in [-0.2, 0) is 6.54 Å². The molecule has 2 aliphatic rings. The highest BCUT2D eigenvalue weighted by molar-refractivity contribution is 5.27. The van der Waals surface area contributed by atoms with Gasteiger partial charge in [-0.15, -0.1) is 0 Å². The Kier molecular flexibility index (Phi) is 4.71. The molecule has 0 unspecified atom stereocenters. The van der Waals surface area contributed by atoms with Crippen molar-refractivity contribution in [1.29, 1.82) is 0 Å². The smallest absolute Gasteiger partial charge is 0.119 e. The number of aliphatic hydroxyl groups is 1. The minimum absolute atomic E-state index is 0.135. The second-order valence-electron chi connectivity index (χ2n) is 7.09. The zero-order valence-corrected chi connectivity index (χ0v) is 13.9. The second-order valence-corrected chi connectivity index (χ2v) is 7.09. The molecule has 1 aromatic rings. The molecular weight excluding hydrogens is 276 g/mol. The maximum atomic E-state index is 9.85. The lowest BCUT2D eigenvalue weighted by Gasteiger charge is -2.42. The normalized spacial score (nSPS) is 29.8. The lowest BCUT2D eigenvalue weighted by atomic mass is 10.1. The number of piperazine rings is 1. The second kappa shape index (κ2) is 6.57. The molecule has 4 heteroatoms. The van der Waals surface area contributed by atoms with Gasteiger partial charge in [-0.3, -0.25) is 9.80 Å². The summed E-state index contributed by atoms with van der Waals surface area (Å²) in [5.74, 6) is 0.940. The zero-order chi connectivity index (χ0) is 15.7. The summed E-state index contributed by atoms with van der Waals surface area (Å²) in [6.45, 7) is 10.3. The first kappa shape index (κ1) is 15.8. The molecule has 122 valence electrons. The Bertz CT molecular complexity index is 488. The maximum Gasteiger partial charge on any atom is 0.119 e. The van der Waals surface area contributed by atoms with Gasteiger partial charge in [-0.2, -0.15) is 0 Å². The van der Waals surface area contributed by atoms with Gasteiger partial charge in [-0.05, 0) is 44.9 Å². The van der Waals surface area contributed by atoms with Crippen molar-refractivity contribution in [2.24, 2.45) is 0 Å². The minimum atomic E-state index is -0.135. The summed E-state index contributed by atoms with van der Waals surface area (Å²) in [7, 11) is 0. The van der Waals surface area contributed by atoms with E-state index in [0.29, 0.717) is 12.1 Å². The van der Waals surface area contributed by atoms with E-state index in [4.69, 9.17) is 4.74 Å². The molecule has 0 spiro atoms. The van der Waals surface area contributed by atoms with Crippen LogP contribution in [0.3, 0.4) is 0 Å². The maximum absolute atomic E-state index is 9.85. The van der Waals surface area contributed by atoms with Crippen LogP contribution >= 0.6 is 0 Å². The van der Waals surface area contributed by atoms with Gasteiger partial charge in [0, 0.05) is 38.3 Å². The predicted octanol–water partition coefficient (Wildman–Crippen LogP) is 2.11. The van der Waals surface area contributed by atoms with Gasteiger partial charge in [-0.1, -0.05) is 12.1 Å². The fourth-order valence-corrected chi connectivity index (χ4v) is 3.68. The van der Waals surface area contributed by atoms with E-state index >= 15 is 0 Å². The van der Waals surface area contributed by atoms with E-state index in [-0.39, 0.29) is 12.2 Å². The van der Waals surface area contributed by atoms with Crippen LogP contribution in [0.15, 0.2) is 24.3 Å². The van der Waals surface area contributed by atoms with Crippen LogP contribution in [0.2, 0.25) is 0 Å². The summed E-state index contributed by atoms with van der Waals surface area (Å²) in [5, 5.41) is 9.85. The molecule has 0 saturated carbocycles. The van der Waals surface area contributed by atoms with Gasteiger partial charge in [0.2, 0.25) is 0 Å². The largest absolute Gasteiger partial charge is 0.491 e. The first-order valence-corrected chi connectivity index (χ1v) is 8.43. The van der Waals surface area contributed by atoms with Crippen molar-refractivity contribution >= 4 is 0 Å². The summed E-state index contributed by atoms with van der Waals surface area (Å²) in [5.41, 5.74) is 1.33. The molecule has 2 saturated heterocycles. The van der Waals surface area contributed by atoms with Crippen LogP contribution in [0.4, 0.5) is 0 Å². The van der Waals surface area contributed by atoms with Crippen molar-refractivity contribution in [3.8, 4) is 5.75 Å². The van der Waals surface area contributed by atoms with Gasteiger partial charge in [0.25, 0.3) is 0 Å². The van der Waals surface area contributed by atoms with E-state index < -0.39 is 0 Å². The SMILES string of the molecule is CC(C)Oc1ccc(CN2C[C@@H]3C[C@@H](O)CN3C[C@@H]2C)cc1. The molecule has 2 heterocycles. The number of benzene rings is 1. The molecule has 0 aromatic heterocycles. The Hall–Kier alpha value is -1.10. The fourth-order valence-electron chi connectivity index (χ4n) is 3.68. The first-order valence-electron chi connectivity index (χ1n) is 8.43. The third-order valence-electron chi connectivity index (χ3n) is 4.75. The Balaban J connectivity index is 1.60. The molecular formula is C18H28N2O2. The Morgan fingerprint density at radius 1 is 1.18 bits per heavy atom. The molecule has 3 atom stereocenters. The van der Waals surface area contributed by atoms with Crippen molar-refractivity contribution in [3.63, 3.8) is 0 Å². The summed E-state index contributed by atoms with van der Waals surface area (Å²) >= 11 is 0. The first-order chi connectivity index (χ1) is 10.5. The standard InChI is InChI=1S/C18H28N2O2/c1-13(2)22-18-6-4-15(5-7-18)10-19-11-16-8-17(21)12-20(16)9-14(19)3/h4-7,13-14,16-17,21H,8-12H2,1-3H3/t14-,16-,17+/m0/s1. The number of rotatable bonds is 4. The summed E-state index contributed by atoms with van der Waals surface area (Å²) in [6, 6.07) is 9.52. The van der Waals surface area contributed by atoms with Crippen LogP contribution in [0.25, 0.3) is 0 Å². The van der Waals surface area contributed by atoms with Crippen molar-refractivity contribution < 1.29 is 9.84 Å². The van der Waals surface area contributed by atoms with Crippen LogP contribution < -0.4 is 4.74 Å². The molecule has 1 aromatic carbocycles. The molecule has 0 amide bonds. The molecule has 1 N–H and O–H groups in total. The van der Waals surface area contributed by atoms with Crippen LogP contribution in [-0.4, -0.2) is 58.8 Å².